The minimum atomic E-state index is -0.150. The van der Waals surface area contributed by atoms with E-state index < -0.39 is 0 Å². The molecule has 1 aliphatic carbocycles. The van der Waals surface area contributed by atoms with Crippen LogP contribution in [-0.2, 0) is 7.05 Å². The van der Waals surface area contributed by atoms with E-state index >= 15 is 0 Å². The Morgan fingerprint density at radius 1 is 1.32 bits per heavy atom. The van der Waals surface area contributed by atoms with E-state index in [1.165, 1.54) is 18.4 Å². The van der Waals surface area contributed by atoms with E-state index in [0.29, 0.717) is 22.9 Å². The third kappa shape index (κ3) is 5.38. The topological polar surface area (TPSA) is 57.8 Å². The van der Waals surface area contributed by atoms with Gasteiger partial charge in [-0.25, -0.2) is 4.39 Å². The summed E-state index contributed by atoms with van der Waals surface area (Å²) in [5.41, 5.74) is 2.13. The fourth-order valence-electron chi connectivity index (χ4n) is 4.58. The van der Waals surface area contributed by atoms with Gasteiger partial charge in [-0.05, 0) is 73.9 Å². The summed E-state index contributed by atoms with van der Waals surface area (Å²) in [6, 6.07) is 7.09. The highest BCUT2D eigenvalue weighted by Crippen LogP contribution is 2.64. The summed E-state index contributed by atoms with van der Waals surface area (Å²) in [4.78, 5) is 2.58. The molecule has 1 aromatic carbocycles. The highest BCUT2D eigenvalue weighted by Gasteiger charge is 2.57. The van der Waals surface area contributed by atoms with Crippen LogP contribution in [0, 0.1) is 16.6 Å². The lowest BCUT2D eigenvalue weighted by molar-refractivity contribution is 0.319. The number of halogens is 2. The van der Waals surface area contributed by atoms with Gasteiger partial charge in [0.25, 0.3) is 0 Å². The molecule has 2 aromatic rings. The molecule has 1 N–H and O–H groups in total. The second kappa shape index (κ2) is 10.3. The highest BCUT2D eigenvalue weighted by molar-refractivity contribution is 7.99. The Balaban J connectivity index is 0.00000272. The van der Waals surface area contributed by atoms with Gasteiger partial charge in [0.1, 0.15) is 5.82 Å². The summed E-state index contributed by atoms with van der Waals surface area (Å²) in [5, 5.41) is 17.4. The van der Waals surface area contributed by atoms with Gasteiger partial charge in [-0.1, -0.05) is 36.9 Å². The number of benzene rings is 1. The van der Waals surface area contributed by atoms with Crippen molar-refractivity contribution in [2.75, 3.05) is 25.4 Å². The molecule has 1 spiro atoms. The molecule has 0 amide bonds. The predicted molar refractivity (Wildman–Crippen MR) is 127 cm³/mol. The Morgan fingerprint density at radius 2 is 2.10 bits per heavy atom. The van der Waals surface area contributed by atoms with Crippen molar-refractivity contribution in [2.24, 2.45) is 12.5 Å². The summed E-state index contributed by atoms with van der Waals surface area (Å²) in [6.45, 7) is 5.48. The van der Waals surface area contributed by atoms with Crippen LogP contribution in [-0.4, -0.2) is 50.8 Å². The van der Waals surface area contributed by atoms with Crippen molar-refractivity contribution in [3.05, 3.63) is 53.6 Å². The first-order chi connectivity index (χ1) is 14.5. The first-order valence-corrected chi connectivity index (χ1v) is 11.8. The zero-order valence-electron chi connectivity index (χ0n) is 18.2. The average Bonchev–Trinajstić information content (AvgIpc) is 3.08. The molecule has 2 fully saturated rings. The van der Waals surface area contributed by atoms with E-state index in [-0.39, 0.29) is 18.2 Å². The van der Waals surface area contributed by atoms with Gasteiger partial charge in [-0.3, -0.25) is 5.41 Å². The quantitative estimate of drug-likeness (QED) is 0.320. The van der Waals surface area contributed by atoms with Crippen molar-refractivity contribution in [2.45, 2.75) is 43.7 Å². The van der Waals surface area contributed by atoms with Crippen molar-refractivity contribution in [3.8, 4) is 0 Å². The average molecular weight is 464 g/mol. The molecule has 8 heteroatoms. The first-order valence-electron chi connectivity index (χ1n) is 10.8. The van der Waals surface area contributed by atoms with Crippen molar-refractivity contribution in [1.82, 2.24) is 19.7 Å². The van der Waals surface area contributed by atoms with Gasteiger partial charge in [0.05, 0.1) is 5.71 Å². The molecule has 2 aliphatic rings. The van der Waals surface area contributed by atoms with Crippen LogP contribution in [0.4, 0.5) is 4.39 Å². The Labute approximate surface area is 194 Å². The van der Waals surface area contributed by atoms with E-state index in [1.54, 1.807) is 30.0 Å². The second-order valence-corrected chi connectivity index (χ2v) is 9.55. The molecular formula is C23H31ClFN5S. The van der Waals surface area contributed by atoms with Crippen LogP contribution < -0.4 is 0 Å². The Bertz CT molecular complexity index is 929. The number of thioether (sulfide) groups is 1. The summed E-state index contributed by atoms with van der Waals surface area (Å²) >= 11 is 1.71. The van der Waals surface area contributed by atoms with E-state index in [4.69, 9.17) is 5.41 Å². The smallest absolute Gasteiger partial charge is 0.191 e. The van der Waals surface area contributed by atoms with E-state index in [9.17, 15) is 4.39 Å². The molecule has 1 saturated heterocycles. The molecular weight excluding hydrogens is 433 g/mol. The fraction of sp³-hybridized carbons (Fsp3) is 0.522. The largest absolute Gasteiger partial charge is 0.304 e. The number of hydrogen-bond acceptors (Lipinski definition) is 5. The monoisotopic (exact) mass is 463 g/mol. The van der Waals surface area contributed by atoms with Crippen molar-refractivity contribution in [1.29, 1.82) is 5.41 Å². The maximum absolute atomic E-state index is 13.2. The van der Waals surface area contributed by atoms with E-state index in [0.717, 1.165) is 43.4 Å². The van der Waals surface area contributed by atoms with Crippen LogP contribution in [0.2, 0.25) is 0 Å². The molecule has 0 radical (unpaired) electrons. The number of rotatable bonds is 9. The SMILES string of the molecule is CC/C=C\C(=N)c1nnc(SCCCN2CCC3(CC3c3ccc(F)cc3)C2)n1C.Cl. The number of nitrogens with zero attached hydrogens (tertiary/aromatic N) is 4. The lowest BCUT2D eigenvalue weighted by Gasteiger charge is -2.16. The van der Waals surface area contributed by atoms with Crippen LogP contribution in [0.3, 0.4) is 0 Å². The molecule has 1 aromatic heterocycles. The molecule has 4 rings (SSSR count). The molecule has 1 aliphatic heterocycles. The van der Waals surface area contributed by atoms with Crippen molar-refractivity contribution >= 4 is 29.9 Å². The fourth-order valence-corrected chi connectivity index (χ4v) is 5.41. The number of aromatic nitrogens is 3. The standard InChI is InChI=1S/C23H30FN5S.ClH/c1-3-4-6-20(25)21-26-27-22(28(21)2)30-14-5-12-29-13-11-23(16-29)15-19(23)17-7-9-18(24)10-8-17;/h4,6-10,19,25H,3,5,11-16H2,1-2H3;1H/b6-4-,25-20?;. The van der Waals surface area contributed by atoms with Gasteiger partial charge in [-0.15, -0.1) is 22.6 Å². The first kappa shape index (κ1) is 24.0. The van der Waals surface area contributed by atoms with Crippen LogP contribution in [0.1, 0.15) is 49.9 Å². The third-order valence-electron chi connectivity index (χ3n) is 6.37. The molecule has 168 valence electrons. The molecule has 2 heterocycles. The van der Waals surface area contributed by atoms with Gasteiger partial charge >= 0.3 is 0 Å². The van der Waals surface area contributed by atoms with Crippen LogP contribution in [0.5, 0.6) is 0 Å². The van der Waals surface area contributed by atoms with E-state index in [1.807, 2.05) is 29.8 Å². The van der Waals surface area contributed by atoms with Crippen LogP contribution in [0.15, 0.2) is 41.6 Å². The minimum absolute atomic E-state index is 0. The van der Waals surface area contributed by atoms with Crippen molar-refractivity contribution in [3.63, 3.8) is 0 Å². The summed E-state index contributed by atoms with van der Waals surface area (Å²) in [6.07, 6.45) is 8.26. The van der Waals surface area contributed by atoms with E-state index in [2.05, 4.69) is 22.0 Å². The Hall–Kier alpha value is -1.70. The maximum atomic E-state index is 13.2. The lowest BCUT2D eigenvalue weighted by atomic mass is 9.98. The van der Waals surface area contributed by atoms with Gasteiger partial charge < -0.3 is 9.47 Å². The van der Waals surface area contributed by atoms with Gasteiger partial charge in [0.15, 0.2) is 11.0 Å². The molecule has 5 nitrogen and oxygen atoms in total. The zero-order chi connectivity index (χ0) is 21.1. The highest BCUT2D eigenvalue weighted by atomic mass is 35.5. The number of hydrogen-bond donors (Lipinski definition) is 1. The molecule has 2 atom stereocenters. The van der Waals surface area contributed by atoms with Crippen LogP contribution in [0.25, 0.3) is 0 Å². The number of allylic oxidation sites excluding steroid dienone is 2. The Kier molecular flexibility index (Phi) is 7.94. The number of likely N-dealkylation sites (tertiary alicyclic amines) is 1. The van der Waals surface area contributed by atoms with Crippen LogP contribution >= 0.6 is 24.2 Å². The summed E-state index contributed by atoms with van der Waals surface area (Å²) in [5.74, 6) is 2.06. The lowest BCUT2D eigenvalue weighted by Crippen LogP contribution is -2.23. The third-order valence-corrected chi connectivity index (χ3v) is 7.48. The van der Waals surface area contributed by atoms with Gasteiger partial charge in [-0.2, -0.15) is 0 Å². The molecule has 31 heavy (non-hydrogen) atoms. The van der Waals surface area contributed by atoms with Crippen molar-refractivity contribution < 1.29 is 4.39 Å². The molecule has 0 bridgehead atoms. The van der Waals surface area contributed by atoms with Gasteiger partial charge in [0, 0.05) is 19.3 Å². The minimum Gasteiger partial charge on any atom is -0.304 e. The normalized spacial score (nSPS) is 22.9. The molecule has 1 saturated carbocycles. The zero-order valence-corrected chi connectivity index (χ0v) is 19.8. The predicted octanol–water partition coefficient (Wildman–Crippen LogP) is 5.07. The summed E-state index contributed by atoms with van der Waals surface area (Å²) in [7, 11) is 1.93. The number of nitrogens with one attached hydrogen (secondary N) is 1. The summed E-state index contributed by atoms with van der Waals surface area (Å²) < 4.78 is 15.1. The maximum Gasteiger partial charge on any atom is 0.191 e. The van der Waals surface area contributed by atoms with Gasteiger partial charge in [0.2, 0.25) is 0 Å². The Morgan fingerprint density at radius 3 is 2.84 bits per heavy atom. The molecule has 2 unspecified atom stereocenters. The second-order valence-electron chi connectivity index (χ2n) is 8.49.